The van der Waals surface area contributed by atoms with E-state index < -0.39 is 0 Å². The van der Waals surface area contributed by atoms with Crippen LogP contribution in [-0.4, -0.2) is 15.6 Å². The number of hydrogen-bond donors (Lipinski definition) is 2. The molecule has 0 bridgehead atoms. The van der Waals surface area contributed by atoms with Gasteiger partial charge < -0.3 is 4.52 Å². The van der Waals surface area contributed by atoms with Crippen molar-refractivity contribution in [3.8, 4) is 0 Å². The Morgan fingerprint density at radius 2 is 2.57 bits per heavy atom. The minimum absolute atomic E-state index is 1.48. The van der Waals surface area contributed by atoms with Gasteiger partial charge in [-0.25, -0.2) is 0 Å². The zero-order valence-electron chi connectivity index (χ0n) is 3.59. The zero-order chi connectivity index (χ0) is 4.95. The molecule has 2 N–H and O–H groups in total. The molecule has 38 valence electrons. The Morgan fingerprint density at radius 3 is 3.57 bits per heavy atom. The second-order valence-corrected chi connectivity index (χ2v) is 0.938. The maximum Gasteiger partial charge on any atom is 0.122 e. The van der Waals surface area contributed by atoms with E-state index in [1.807, 2.05) is 0 Å². The molecule has 0 saturated heterocycles. The number of aromatic amines is 2. The molecular formula is C3H5N3O. The Bertz CT molecular complexity index is 98.2. The Morgan fingerprint density at radius 1 is 1.57 bits per heavy atom. The van der Waals surface area contributed by atoms with E-state index in [0.717, 1.165) is 0 Å². The summed E-state index contributed by atoms with van der Waals surface area (Å²) in [5.74, 6) is 0. The molecule has 1 heterocycles. The summed E-state index contributed by atoms with van der Waals surface area (Å²) in [6.07, 6.45) is 3.05. The van der Waals surface area contributed by atoms with Gasteiger partial charge >= 0.3 is 0 Å². The van der Waals surface area contributed by atoms with Gasteiger partial charge in [-0.1, -0.05) is 0 Å². The van der Waals surface area contributed by atoms with Crippen LogP contribution < -0.4 is 0 Å². The molecule has 0 aromatic carbocycles. The maximum atomic E-state index is 4.53. The van der Waals surface area contributed by atoms with Gasteiger partial charge in [0.25, 0.3) is 0 Å². The van der Waals surface area contributed by atoms with Crippen LogP contribution in [0.15, 0.2) is 23.0 Å². The Hall–Kier alpha value is -1.19. The van der Waals surface area contributed by atoms with E-state index >= 15 is 0 Å². The van der Waals surface area contributed by atoms with Crippen molar-refractivity contribution < 1.29 is 4.52 Å². The van der Waals surface area contributed by atoms with Crippen molar-refractivity contribution in [2.45, 2.75) is 0 Å². The van der Waals surface area contributed by atoms with Crippen molar-refractivity contribution in [2.75, 3.05) is 0 Å². The molecule has 0 fully saturated rings. The van der Waals surface area contributed by atoms with Crippen LogP contribution in [0.1, 0.15) is 0 Å². The summed E-state index contributed by atoms with van der Waals surface area (Å²) in [5, 5.41) is 8.27. The van der Waals surface area contributed by atoms with Gasteiger partial charge in [0.05, 0.1) is 6.20 Å². The molecule has 1 aromatic heterocycles. The minimum atomic E-state index is 1.48. The first-order valence-electron chi connectivity index (χ1n) is 1.84. The lowest BCUT2D eigenvalue weighted by Crippen LogP contribution is -1.70. The third-order valence-electron chi connectivity index (χ3n) is 0.476. The Balaban J connectivity index is 3.06. The van der Waals surface area contributed by atoms with Crippen LogP contribution in [0.3, 0.4) is 0 Å². The molecule has 7 heavy (non-hydrogen) atoms. The lowest BCUT2D eigenvalue weighted by Gasteiger charge is -1.66. The molecule has 4 nitrogen and oxygen atoms in total. The molecule has 1 rings (SSSR count). The fraction of sp³-hybridized carbons (Fsp3) is 0. The first-order valence-corrected chi connectivity index (χ1v) is 1.84. The van der Waals surface area contributed by atoms with E-state index in [4.69, 9.17) is 0 Å². The quantitative estimate of drug-likeness (QED) is 0.496. The molecule has 1 aromatic rings. The Labute approximate surface area is 39.8 Å². The first-order chi connectivity index (χ1) is 3.50. The standard InChI is InChI=1S/C3H5N3O/c1-2-4-5-6-7-3-1/h1-3,5-6H. The van der Waals surface area contributed by atoms with E-state index in [1.165, 1.54) is 6.26 Å². The van der Waals surface area contributed by atoms with Gasteiger partial charge in [0.15, 0.2) is 0 Å². The number of nitrogens with one attached hydrogen (secondary N) is 2. The van der Waals surface area contributed by atoms with Gasteiger partial charge in [0, 0.05) is 0 Å². The van der Waals surface area contributed by atoms with Gasteiger partial charge in [-0.3, -0.25) is 0 Å². The molecule has 0 amide bonds. The monoisotopic (exact) mass is 99.0 g/mol. The maximum absolute atomic E-state index is 4.53. The summed E-state index contributed by atoms with van der Waals surface area (Å²) in [6, 6.07) is 1.66. The normalized spacial score (nSPS) is 8.00. The predicted octanol–water partition coefficient (Wildman–Crippen LogP) is 0.455. The lowest BCUT2D eigenvalue weighted by atomic mass is 10.8. The average molecular weight is 99.1 g/mol. The van der Waals surface area contributed by atoms with Crippen molar-refractivity contribution >= 4 is 0 Å². The second kappa shape index (κ2) is 2.07. The van der Waals surface area contributed by atoms with Crippen LogP contribution in [0.5, 0.6) is 0 Å². The van der Waals surface area contributed by atoms with E-state index in [0.29, 0.717) is 0 Å². The van der Waals surface area contributed by atoms with Gasteiger partial charge in [-0.2, -0.15) is 10.3 Å². The minimum Gasteiger partial charge on any atom is -0.373 e. The van der Waals surface area contributed by atoms with Gasteiger partial charge in [-0.15, -0.1) is 5.27 Å². The van der Waals surface area contributed by atoms with Crippen molar-refractivity contribution in [1.82, 2.24) is 15.6 Å². The molecular weight excluding hydrogens is 94.1 g/mol. The van der Waals surface area contributed by atoms with Crippen LogP contribution in [0, 0.1) is 0 Å². The summed E-state index contributed by atoms with van der Waals surface area (Å²) in [6.45, 7) is 0. The molecule has 0 aliphatic carbocycles. The molecule has 0 radical (unpaired) electrons. The van der Waals surface area contributed by atoms with Crippen LogP contribution in [0.25, 0.3) is 0 Å². The molecule has 0 saturated carbocycles. The van der Waals surface area contributed by atoms with Gasteiger partial charge in [-0.05, 0) is 6.07 Å². The molecule has 0 spiro atoms. The summed E-state index contributed by atoms with van der Waals surface area (Å²) in [5.41, 5.74) is 0. The Kier molecular flexibility index (Phi) is 1.18. The van der Waals surface area contributed by atoms with Crippen LogP contribution in [0.4, 0.5) is 0 Å². The number of rotatable bonds is 0. The van der Waals surface area contributed by atoms with Crippen molar-refractivity contribution in [1.29, 1.82) is 0 Å². The van der Waals surface area contributed by atoms with Crippen LogP contribution in [-0.2, 0) is 0 Å². The SMILES string of the molecule is c1cn[nH][nH]oc1. The van der Waals surface area contributed by atoms with Gasteiger partial charge in [0.2, 0.25) is 0 Å². The molecule has 0 aliphatic rings. The number of nitrogens with zero attached hydrogens (tertiary/aromatic N) is 1. The summed E-state index contributed by atoms with van der Waals surface area (Å²) in [4.78, 5) is 0. The fourth-order valence-corrected chi connectivity index (χ4v) is 0.241. The number of H-pyrrole nitrogens is 2. The molecule has 4 heteroatoms. The highest BCUT2D eigenvalue weighted by atomic mass is 16.5. The third-order valence-corrected chi connectivity index (χ3v) is 0.476. The highest BCUT2D eigenvalue weighted by Gasteiger charge is 1.56. The number of aromatic nitrogens is 3. The largest absolute Gasteiger partial charge is 0.373 e. The highest BCUT2D eigenvalue weighted by molar-refractivity contribution is 4.65. The van der Waals surface area contributed by atoms with Crippen molar-refractivity contribution in [3.05, 3.63) is 18.5 Å². The topological polar surface area (TPSA) is 57.6 Å². The number of hydrogen-bond acceptors (Lipinski definition) is 2. The fourth-order valence-electron chi connectivity index (χ4n) is 0.241. The molecule has 0 atom stereocenters. The average Bonchev–Trinajstić information content (AvgIpc) is 1.90. The summed E-state index contributed by atoms with van der Waals surface area (Å²) in [7, 11) is 0. The van der Waals surface area contributed by atoms with Crippen LogP contribution in [0.2, 0.25) is 0 Å². The second-order valence-electron chi connectivity index (χ2n) is 0.938. The zero-order valence-corrected chi connectivity index (χ0v) is 3.59. The van der Waals surface area contributed by atoms with Crippen molar-refractivity contribution in [2.24, 2.45) is 0 Å². The van der Waals surface area contributed by atoms with Crippen LogP contribution >= 0.6 is 0 Å². The van der Waals surface area contributed by atoms with E-state index in [1.54, 1.807) is 12.3 Å². The first kappa shape index (κ1) is 3.98. The third kappa shape index (κ3) is 1.13. The van der Waals surface area contributed by atoms with Gasteiger partial charge in [0.1, 0.15) is 6.26 Å². The highest BCUT2D eigenvalue weighted by Crippen LogP contribution is 1.66. The van der Waals surface area contributed by atoms with E-state index in [-0.39, 0.29) is 0 Å². The smallest absolute Gasteiger partial charge is 0.122 e. The predicted molar refractivity (Wildman–Crippen MR) is 22.8 cm³/mol. The molecule has 0 aliphatic heterocycles. The lowest BCUT2D eigenvalue weighted by molar-refractivity contribution is 0.360. The molecule has 0 unspecified atom stereocenters. The van der Waals surface area contributed by atoms with Crippen molar-refractivity contribution in [3.63, 3.8) is 0 Å². The van der Waals surface area contributed by atoms with E-state index in [2.05, 4.69) is 20.1 Å². The van der Waals surface area contributed by atoms with E-state index in [9.17, 15) is 0 Å². The summed E-state index contributed by atoms with van der Waals surface area (Å²) < 4.78 is 4.53. The summed E-state index contributed by atoms with van der Waals surface area (Å²) >= 11 is 0.